The van der Waals surface area contributed by atoms with Gasteiger partial charge in [0.1, 0.15) is 6.61 Å². The minimum absolute atomic E-state index is 0.701. The van der Waals surface area contributed by atoms with Crippen LogP contribution in [-0.2, 0) is 0 Å². The zero-order valence-corrected chi connectivity index (χ0v) is 11.9. The van der Waals surface area contributed by atoms with Gasteiger partial charge in [-0.25, -0.2) is 4.98 Å². The number of rotatable bonds is 4. The van der Waals surface area contributed by atoms with E-state index in [1.54, 1.807) is 0 Å². The quantitative estimate of drug-likeness (QED) is 0.854. The molecule has 1 aromatic heterocycles. The average Bonchev–Trinajstić information content (AvgIpc) is 2.33. The first-order valence-corrected chi connectivity index (χ1v) is 7.02. The summed E-state index contributed by atoms with van der Waals surface area (Å²) in [6.07, 6.45) is 5.86. The summed E-state index contributed by atoms with van der Waals surface area (Å²) < 4.78 is 6.64. The molecule has 0 unspecified atom stereocenters. The highest BCUT2D eigenvalue weighted by molar-refractivity contribution is 9.10. The Kier molecular flexibility index (Phi) is 4.80. The highest BCUT2D eigenvalue weighted by Gasteiger charge is 2.10. The third-order valence-corrected chi connectivity index (χ3v) is 3.61. The standard InChI is InChI=1S/C13H19BrN2O/c1-11-9-12(14)13(15-10-11)17-8-7-16-5-3-2-4-6-16/h9-10H,2-8H2,1H3. The van der Waals surface area contributed by atoms with Crippen molar-refractivity contribution in [2.45, 2.75) is 26.2 Å². The zero-order chi connectivity index (χ0) is 12.1. The molecule has 17 heavy (non-hydrogen) atoms. The third-order valence-electron chi connectivity index (χ3n) is 3.04. The lowest BCUT2D eigenvalue weighted by atomic mass is 10.1. The smallest absolute Gasteiger partial charge is 0.227 e. The van der Waals surface area contributed by atoms with E-state index in [9.17, 15) is 0 Å². The molecule has 0 atom stereocenters. The molecule has 0 radical (unpaired) electrons. The Bertz CT molecular complexity index is 364. The van der Waals surface area contributed by atoms with Crippen molar-refractivity contribution in [2.24, 2.45) is 0 Å². The van der Waals surface area contributed by atoms with E-state index in [1.807, 2.05) is 19.2 Å². The molecule has 0 aliphatic carbocycles. The van der Waals surface area contributed by atoms with Crippen LogP contribution in [-0.4, -0.2) is 36.1 Å². The van der Waals surface area contributed by atoms with Crippen molar-refractivity contribution in [3.63, 3.8) is 0 Å². The molecule has 0 bridgehead atoms. The maximum atomic E-state index is 5.69. The SMILES string of the molecule is Cc1cnc(OCCN2CCCCC2)c(Br)c1. The van der Waals surface area contributed by atoms with E-state index in [0.29, 0.717) is 12.5 Å². The summed E-state index contributed by atoms with van der Waals surface area (Å²) in [7, 11) is 0. The first-order chi connectivity index (χ1) is 8.25. The fraction of sp³-hybridized carbons (Fsp3) is 0.615. The number of ether oxygens (including phenoxy) is 1. The molecule has 1 aliphatic heterocycles. The Labute approximate surface area is 111 Å². The topological polar surface area (TPSA) is 25.4 Å². The van der Waals surface area contributed by atoms with Crippen molar-refractivity contribution in [3.05, 3.63) is 22.3 Å². The molecule has 0 saturated carbocycles. The number of piperidine rings is 1. The summed E-state index contributed by atoms with van der Waals surface area (Å²) in [5.74, 6) is 0.701. The van der Waals surface area contributed by atoms with Crippen molar-refractivity contribution in [3.8, 4) is 5.88 Å². The van der Waals surface area contributed by atoms with E-state index >= 15 is 0 Å². The lowest BCUT2D eigenvalue weighted by molar-refractivity contribution is 0.180. The van der Waals surface area contributed by atoms with Crippen LogP contribution in [0.15, 0.2) is 16.7 Å². The summed E-state index contributed by atoms with van der Waals surface area (Å²) >= 11 is 3.47. The molecule has 94 valence electrons. The molecule has 1 fully saturated rings. The molecule has 1 aromatic rings. The van der Waals surface area contributed by atoms with Gasteiger partial charge in [-0.1, -0.05) is 6.42 Å². The Hall–Kier alpha value is -0.610. The van der Waals surface area contributed by atoms with Crippen LogP contribution >= 0.6 is 15.9 Å². The van der Waals surface area contributed by atoms with Gasteiger partial charge >= 0.3 is 0 Å². The molecule has 0 spiro atoms. The highest BCUT2D eigenvalue weighted by atomic mass is 79.9. The molecule has 4 heteroatoms. The van der Waals surface area contributed by atoms with Crippen LogP contribution in [0.5, 0.6) is 5.88 Å². The lowest BCUT2D eigenvalue weighted by Crippen LogP contribution is -2.33. The molecule has 0 amide bonds. The van der Waals surface area contributed by atoms with E-state index < -0.39 is 0 Å². The van der Waals surface area contributed by atoms with E-state index in [4.69, 9.17) is 4.74 Å². The second-order valence-electron chi connectivity index (χ2n) is 4.55. The summed E-state index contributed by atoms with van der Waals surface area (Å²) in [5.41, 5.74) is 1.14. The molecule has 1 saturated heterocycles. The number of aromatic nitrogens is 1. The van der Waals surface area contributed by atoms with Gasteiger partial charge in [-0.2, -0.15) is 0 Å². The van der Waals surface area contributed by atoms with Gasteiger partial charge in [-0.15, -0.1) is 0 Å². The van der Waals surface area contributed by atoms with Gasteiger partial charge in [-0.05, 0) is 60.4 Å². The van der Waals surface area contributed by atoms with E-state index in [0.717, 1.165) is 16.6 Å². The second kappa shape index (κ2) is 6.36. The molecule has 0 N–H and O–H groups in total. The van der Waals surface area contributed by atoms with Crippen molar-refractivity contribution in [1.82, 2.24) is 9.88 Å². The summed E-state index contributed by atoms with van der Waals surface area (Å²) in [5, 5.41) is 0. The molecule has 3 nitrogen and oxygen atoms in total. The molecular formula is C13H19BrN2O. The minimum Gasteiger partial charge on any atom is -0.476 e. The van der Waals surface area contributed by atoms with Gasteiger partial charge < -0.3 is 4.74 Å². The third kappa shape index (κ3) is 3.96. The molecular weight excluding hydrogens is 280 g/mol. The van der Waals surface area contributed by atoms with Gasteiger partial charge in [0.2, 0.25) is 5.88 Å². The monoisotopic (exact) mass is 298 g/mol. The van der Waals surface area contributed by atoms with Gasteiger partial charge in [0, 0.05) is 12.7 Å². The van der Waals surface area contributed by atoms with Crippen molar-refractivity contribution >= 4 is 15.9 Å². The van der Waals surface area contributed by atoms with E-state index in [2.05, 4.69) is 25.8 Å². The van der Waals surface area contributed by atoms with Crippen LogP contribution in [0.1, 0.15) is 24.8 Å². The van der Waals surface area contributed by atoms with Crippen LogP contribution in [0.25, 0.3) is 0 Å². The summed E-state index contributed by atoms with van der Waals surface area (Å²) in [6, 6.07) is 2.03. The maximum absolute atomic E-state index is 5.69. The van der Waals surface area contributed by atoms with Gasteiger partial charge in [0.15, 0.2) is 0 Å². The predicted octanol–water partition coefficient (Wildman–Crippen LogP) is 3.02. The number of hydrogen-bond acceptors (Lipinski definition) is 3. The Balaban J connectivity index is 1.77. The number of hydrogen-bond donors (Lipinski definition) is 0. The number of aryl methyl sites for hydroxylation is 1. The highest BCUT2D eigenvalue weighted by Crippen LogP contribution is 2.22. The number of pyridine rings is 1. The first-order valence-electron chi connectivity index (χ1n) is 6.23. The van der Waals surface area contributed by atoms with Gasteiger partial charge in [-0.3, -0.25) is 4.90 Å². The van der Waals surface area contributed by atoms with Crippen LogP contribution in [0.2, 0.25) is 0 Å². The van der Waals surface area contributed by atoms with Crippen LogP contribution in [0.3, 0.4) is 0 Å². The van der Waals surface area contributed by atoms with Crippen molar-refractivity contribution < 1.29 is 4.74 Å². The summed E-state index contributed by atoms with van der Waals surface area (Å²) in [6.45, 7) is 6.17. The Morgan fingerprint density at radius 1 is 1.35 bits per heavy atom. The van der Waals surface area contributed by atoms with Crippen LogP contribution in [0.4, 0.5) is 0 Å². The molecule has 2 heterocycles. The normalized spacial score (nSPS) is 17.1. The maximum Gasteiger partial charge on any atom is 0.227 e. The number of likely N-dealkylation sites (tertiary alicyclic amines) is 1. The molecule has 0 aromatic carbocycles. The van der Waals surface area contributed by atoms with Crippen LogP contribution in [0, 0.1) is 6.92 Å². The van der Waals surface area contributed by atoms with Crippen molar-refractivity contribution in [2.75, 3.05) is 26.2 Å². The molecule has 2 rings (SSSR count). The summed E-state index contributed by atoms with van der Waals surface area (Å²) in [4.78, 5) is 6.74. The predicted molar refractivity (Wildman–Crippen MR) is 72.5 cm³/mol. The van der Waals surface area contributed by atoms with Gasteiger partial charge in [0.25, 0.3) is 0 Å². The molecule has 1 aliphatic rings. The lowest BCUT2D eigenvalue weighted by Gasteiger charge is -2.26. The fourth-order valence-electron chi connectivity index (χ4n) is 2.08. The van der Waals surface area contributed by atoms with Gasteiger partial charge in [0.05, 0.1) is 4.47 Å². The average molecular weight is 299 g/mol. The number of halogens is 1. The van der Waals surface area contributed by atoms with E-state index in [-0.39, 0.29) is 0 Å². The van der Waals surface area contributed by atoms with Crippen molar-refractivity contribution in [1.29, 1.82) is 0 Å². The second-order valence-corrected chi connectivity index (χ2v) is 5.40. The number of nitrogens with zero attached hydrogens (tertiary/aromatic N) is 2. The zero-order valence-electron chi connectivity index (χ0n) is 10.3. The van der Waals surface area contributed by atoms with E-state index in [1.165, 1.54) is 32.4 Å². The largest absolute Gasteiger partial charge is 0.476 e. The Morgan fingerprint density at radius 2 is 2.12 bits per heavy atom. The fourth-order valence-corrected chi connectivity index (χ4v) is 2.66. The first kappa shape index (κ1) is 12.8. The Morgan fingerprint density at radius 3 is 2.82 bits per heavy atom. The minimum atomic E-state index is 0.701. The van der Waals surface area contributed by atoms with Crippen LogP contribution < -0.4 is 4.74 Å².